The lowest BCUT2D eigenvalue weighted by atomic mass is 9.69. The van der Waals surface area contributed by atoms with Crippen molar-refractivity contribution in [2.45, 2.75) is 18.0 Å². The number of hydrogen-bond acceptors (Lipinski definition) is 4. The quantitative estimate of drug-likeness (QED) is 0.380. The van der Waals surface area contributed by atoms with Gasteiger partial charge in [0.25, 0.3) is 0 Å². The number of hydrogen-bond donors (Lipinski definition) is 0. The number of ketones is 1. The number of carbonyl (C=O) groups excluding carboxylic acids is 1. The number of carbonyl (C=O) groups is 1. The van der Waals surface area contributed by atoms with Crippen LogP contribution < -0.4 is 4.90 Å². The predicted molar refractivity (Wildman–Crippen MR) is 132 cm³/mol. The van der Waals surface area contributed by atoms with Crippen LogP contribution in [0.5, 0.6) is 0 Å². The molecule has 0 unspecified atom stereocenters. The summed E-state index contributed by atoms with van der Waals surface area (Å²) >= 11 is 10.1. The summed E-state index contributed by atoms with van der Waals surface area (Å²) in [4.78, 5) is 16.0. The number of Topliss-reactive ketones (excluding diaryl/α,β-unsaturated/α-hetero) is 1. The first-order valence-electron chi connectivity index (χ1n) is 10.4. The van der Waals surface area contributed by atoms with Gasteiger partial charge < -0.3 is 4.90 Å². The number of para-hydroxylation sites is 1. The molecule has 2 heterocycles. The molecule has 160 valence electrons. The van der Waals surface area contributed by atoms with Crippen LogP contribution in [-0.4, -0.2) is 17.9 Å². The summed E-state index contributed by atoms with van der Waals surface area (Å²) in [5.41, 5.74) is 1.33. The highest BCUT2D eigenvalue weighted by Gasteiger charge is 2.63. The highest BCUT2D eigenvalue weighted by molar-refractivity contribution is 9.10. The molecule has 4 nitrogen and oxygen atoms in total. The number of halogens is 2. The first-order chi connectivity index (χ1) is 16.0. The third-order valence-electron chi connectivity index (χ3n) is 6.53. The zero-order valence-corrected chi connectivity index (χ0v) is 19.7. The SMILES string of the molecule is N#CC1(C#N)[C@H](c2ccccc2)[C@H](C(=O)c2ccc(Br)cc2)N2c3c(Cl)cccc3C=C[C@@H]21. The molecule has 0 N–H and O–H groups in total. The van der Waals surface area contributed by atoms with Crippen LogP contribution in [0.3, 0.4) is 0 Å². The summed E-state index contributed by atoms with van der Waals surface area (Å²) in [5, 5.41) is 21.3. The third-order valence-corrected chi connectivity index (χ3v) is 7.37. The third kappa shape index (κ3) is 3.20. The molecule has 5 rings (SSSR count). The van der Waals surface area contributed by atoms with Gasteiger partial charge in [-0.1, -0.05) is 94.3 Å². The van der Waals surface area contributed by atoms with E-state index >= 15 is 0 Å². The molecule has 3 atom stereocenters. The van der Waals surface area contributed by atoms with Crippen molar-refractivity contribution >= 4 is 45.1 Å². The largest absolute Gasteiger partial charge is 0.350 e. The normalized spacial score (nSPS) is 22.1. The first kappa shape index (κ1) is 21.5. The lowest BCUT2D eigenvalue weighted by Crippen LogP contribution is -2.44. The Bertz CT molecular complexity index is 1340. The Balaban J connectivity index is 1.80. The van der Waals surface area contributed by atoms with E-state index in [0.29, 0.717) is 16.3 Å². The summed E-state index contributed by atoms with van der Waals surface area (Å²) in [6, 6.07) is 25.3. The Morgan fingerprint density at radius 3 is 2.33 bits per heavy atom. The Kier molecular flexibility index (Phi) is 5.33. The van der Waals surface area contributed by atoms with Gasteiger partial charge in [0.2, 0.25) is 0 Å². The second kappa shape index (κ2) is 8.19. The summed E-state index contributed by atoms with van der Waals surface area (Å²) < 4.78 is 0.862. The van der Waals surface area contributed by atoms with Crippen LogP contribution in [0, 0.1) is 28.1 Å². The summed E-state index contributed by atoms with van der Waals surface area (Å²) in [6.07, 6.45) is 3.75. The van der Waals surface area contributed by atoms with Gasteiger partial charge in [-0.3, -0.25) is 4.79 Å². The number of rotatable bonds is 3. The molecule has 0 saturated carbocycles. The van der Waals surface area contributed by atoms with E-state index in [1.807, 2.05) is 71.6 Å². The molecule has 0 bridgehead atoms. The second-order valence-electron chi connectivity index (χ2n) is 8.19. The molecule has 3 aromatic carbocycles. The van der Waals surface area contributed by atoms with Crippen molar-refractivity contribution in [2.24, 2.45) is 5.41 Å². The van der Waals surface area contributed by atoms with Crippen molar-refractivity contribution in [2.75, 3.05) is 4.90 Å². The van der Waals surface area contributed by atoms with Crippen LogP contribution in [0.15, 0.2) is 83.3 Å². The summed E-state index contributed by atoms with van der Waals surface area (Å²) in [5.74, 6) is -0.836. The van der Waals surface area contributed by atoms with E-state index in [2.05, 4.69) is 28.1 Å². The van der Waals surface area contributed by atoms with E-state index in [1.54, 1.807) is 18.2 Å². The van der Waals surface area contributed by atoms with Crippen molar-refractivity contribution in [3.05, 3.63) is 105 Å². The van der Waals surface area contributed by atoms with E-state index < -0.39 is 23.4 Å². The van der Waals surface area contributed by atoms with Crippen molar-refractivity contribution in [3.8, 4) is 12.1 Å². The summed E-state index contributed by atoms with van der Waals surface area (Å²) in [6.45, 7) is 0. The van der Waals surface area contributed by atoms with Crippen LogP contribution in [0.2, 0.25) is 5.02 Å². The average Bonchev–Trinajstić information content (AvgIpc) is 3.15. The fraction of sp³-hybridized carbons (Fsp3) is 0.148. The number of anilines is 1. The van der Waals surface area contributed by atoms with E-state index in [1.165, 1.54) is 0 Å². The molecular formula is C27H17BrClN3O. The minimum Gasteiger partial charge on any atom is -0.350 e. The maximum Gasteiger partial charge on any atom is 0.185 e. The topological polar surface area (TPSA) is 67.9 Å². The molecule has 0 radical (unpaired) electrons. The van der Waals surface area contributed by atoms with Gasteiger partial charge in [-0.25, -0.2) is 0 Å². The van der Waals surface area contributed by atoms with Crippen molar-refractivity contribution in [1.29, 1.82) is 10.5 Å². The van der Waals surface area contributed by atoms with E-state index in [9.17, 15) is 15.3 Å². The summed E-state index contributed by atoms with van der Waals surface area (Å²) in [7, 11) is 0. The fourth-order valence-corrected chi connectivity index (χ4v) is 5.65. The van der Waals surface area contributed by atoms with Gasteiger partial charge in [0, 0.05) is 16.0 Å². The second-order valence-corrected chi connectivity index (χ2v) is 9.51. The lowest BCUT2D eigenvalue weighted by Gasteiger charge is -2.36. The monoisotopic (exact) mass is 513 g/mol. The van der Waals surface area contributed by atoms with Crippen molar-refractivity contribution < 1.29 is 4.79 Å². The fourth-order valence-electron chi connectivity index (χ4n) is 5.11. The van der Waals surface area contributed by atoms with Gasteiger partial charge in [0.15, 0.2) is 11.2 Å². The standard InChI is InChI=1S/C27H17BrClN3O/c28-20-12-9-19(10-13-20)26(33)25-23(17-5-2-1-3-6-17)27(15-30,16-31)22-14-11-18-7-4-8-21(29)24(18)32(22)25/h1-14,22-23,25H/t22-,23-,25-/m1/s1. The smallest absolute Gasteiger partial charge is 0.185 e. The zero-order valence-electron chi connectivity index (χ0n) is 17.3. The molecule has 0 spiro atoms. The van der Waals surface area contributed by atoms with Gasteiger partial charge in [-0.2, -0.15) is 10.5 Å². The number of nitriles is 2. The molecule has 1 saturated heterocycles. The van der Waals surface area contributed by atoms with E-state index in [-0.39, 0.29) is 5.78 Å². The molecule has 2 aliphatic rings. The average molecular weight is 515 g/mol. The van der Waals surface area contributed by atoms with Crippen molar-refractivity contribution in [3.63, 3.8) is 0 Å². The zero-order chi connectivity index (χ0) is 23.2. The molecule has 2 aliphatic heterocycles. The maximum atomic E-state index is 14.1. The van der Waals surface area contributed by atoms with Crippen LogP contribution in [0.25, 0.3) is 6.08 Å². The highest BCUT2D eigenvalue weighted by Crippen LogP contribution is 2.56. The van der Waals surface area contributed by atoms with Gasteiger partial charge in [0.1, 0.15) is 6.04 Å². The number of nitrogens with zero attached hydrogens (tertiary/aromatic N) is 3. The van der Waals surface area contributed by atoms with E-state index in [4.69, 9.17) is 11.6 Å². The molecule has 33 heavy (non-hydrogen) atoms. The molecule has 3 aromatic rings. The minimum atomic E-state index is -1.48. The lowest BCUT2D eigenvalue weighted by molar-refractivity contribution is 0.0951. The number of fused-ring (bicyclic) bond motifs is 3. The Morgan fingerprint density at radius 1 is 0.970 bits per heavy atom. The first-order valence-corrected chi connectivity index (χ1v) is 11.6. The predicted octanol–water partition coefficient (Wildman–Crippen LogP) is 6.39. The van der Waals surface area contributed by atoms with Crippen LogP contribution in [0.1, 0.15) is 27.4 Å². The molecule has 1 fully saturated rings. The number of benzene rings is 3. The van der Waals surface area contributed by atoms with Gasteiger partial charge in [-0.05, 0) is 29.3 Å². The van der Waals surface area contributed by atoms with E-state index in [0.717, 1.165) is 15.6 Å². The highest BCUT2D eigenvalue weighted by atomic mass is 79.9. The Labute approximate surface area is 205 Å². The maximum absolute atomic E-state index is 14.1. The van der Waals surface area contributed by atoms with Crippen LogP contribution >= 0.6 is 27.5 Å². The van der Waals surface area contributed by atoms with Gasteiger partial charge >= 0.3 is 0 Å². The minimum absolute atomic E-state index is 0.158. The molecule has 0 aliphatic carbocycles. The Hall–Kier alpha value is -3.38. The molecule has 0 amide bonds. The Morgan fingerprint density at radius 2 is 1.67 bits per heavy atom. The van der Waals surface area contributed by atoms with Crippen molar-refractivity contribution in [1.82, 2.24) is 0 Å². The van der Waals surface area contributed by atoms with Crippen LogP contribution in [-0.2, 0) is 0 Å². The van der Waals surface area contributed by atoms with Gasteiger partial charge in [0.05, 0.1) is 28.9 Å². The molecule has 6 heteroatoms. The van der Waals surface area contributed by atoms with Crippen LogP contribution in [0.4, 0.5) is 5.69 Å². The van der Waals surface area contributed by atoms with Gasteiger partial charge in [-0.15, -0.1) is 0 Å². The molecule has 0 aromatic heterocycles. The molecular weight excluding hydrogens is 498 g/mol.